The monoisotopic (exact) mass is 375 g/mol. The fourth-order valence-electron chi connectivity index (χ4n) is 3.90. The molecule has 0 saturated heterocycles. The van der Waals surface area contributed by atoms with E-state index in [2.05, 4.69) is 21.2 Å². The van der Waals surface area contributed by atoms with Gasteiger partial charge in [-0.1, -0.05) is 22.4 Å². The molecule has 2 bridgehead atoms. The smallest absolute Gasteiger partial charge is 0.326 e. The average molecular weight is 376 g/mol. The van der Waals surface area contributed by atoms with E-state index in [-0.39, 0.29) is 16.1 Å². The third-order valence-electron chi connectivity index (χ3n) is 4.89. The van der Waals surface area contributed by atoms with Gasteiger partial charge in [-0.05, 0) is 55.2 Å². The Morgan fingerprint density at radius 2 is 2.05 bits per heavy atom. The summed E-state index contributed by atoms with van der Waals surface area (Å²) in [6.45, 7) is 0. The Morgan fingerprint density at radius 3 is 2.64 bits per heavy atom. The summed E-state index contributed by atoms with van der Waals surface area (Å²) in [7, 11) is 0. The molecular weight excluding hydrogens is 359 g/mol. The summed E-state index contributed by atoms with van der Waals surface area (Å²) in [6, 6.07) is 3.77. The topological polar surface area (TPSA) is 29.1 Å². The molecule has 120 valence electrons. The molecule has 1 N–H and O–H groups in total. The molecule has 6 heteroatoms. The van der Waals surface area contributed by atoms with Crippen LogP contribution >= 0.6 is 15.9 Å². The zero-order valence-electron chi connectivity index (χ0n) is 11.9. The van der Waals surface area contributed by atoms with Gasteiger partial charge in [0.15, 0.2) is 0 Å². The highest BCUT2D eigenvalue weighted by Crippen LogP contribution is 2.49. The van der Waals surface area contributed by atoms with Crippen LogP contribution in [0.4, 0.5) is 18.9 Å². The molecule has 2 nitrogen and oxygen atoms in total. The second kappa shape index (κ2) is 5.87. The highest BCUT2D eigenvalue weighted by molar-refractivity contribution is 9.10. The van der Waals surface area contributed by atoms with Crippen LogP contribution in [-0.4, -0.2) is 5.91 Å². The number of halogens is 4. The van der Waals surface area contributed by atoms with Crippen molar-refractivity contribution < 1.29 is 18.0 Å². The van der Waals surface area contributed by atoms with E-state index in [1.165, 1.54) is 31.4 Å². The van der Waals surface area contributed by atoms with E-state index >= 15 is 0 Å². The van der Waals surface area contributed by atoms with Crippen LogP contribution in [0.1, 0.15) is 37.7 Å². The fraction of sp³-hybridized carbons (Fsp3) is 0.562. The van der Waals surface area contributed by atoms with Crippen molar-refractivity contribution in [2.24, 2.45) is 17.8 Å². The maximum atomic E-state index is 12.9. The Hall–Kier alpha value is -1.04. The number of rotatable bonds is 3. The average Bonchev–Trinajstić information content (AvgIpc) is 3.02. The molecule has 0 aliphatic heterocycles. The number of fused-ring (bicyclic) bond motifs is 2. The predicted octanol–water partition coefficient (Wildman–Crippen LogP) is 5.23. The fourth-order valence-corrected chi connectivity index (χ4v) is 4.37. The lowest BCUT2D eigenvalue weighted by Gasteiger charge is -2.21. The number of anilines is 1. The summed E-state index contributed by atoms with van der Waals surface area (Å²) in [5.41, 5.74) is -0.575. The molecule has 3 rings (SSSR count). The lowest BCUT2D eigenvalue weighted by atomic mass is 9.86. The molecule has 2 saturated carbocycles. The molecule has 0 spiro atoms. The van der Waals surface area contributed by atoms with Crippen molar-refractivity contribution in [3.63, 3.8) is 0 Å². The van der Waals surface area contributed by atoms with Gasteiger partial charge < -0.3 is 5.32 Å². The van der Waals surface area contributed by atoms with Gasteiger partial charge in [0.05, 0.1) is 5.56 Å². The Bertz CT molecular complexity index is 587. The largest absolute Gasteiger partial charge is 0.417 e. The number of hydrogen-bond donors (Lipinski definition) is 1. The second-order valence-corrected chi connectivity index (χ2v) is 7.23. The molecule has 2 fully saturated rings. The van der Waals surface area contributed by atoms with Gasteiger partial charge in [-0.2, -0.15) is 13.2 Å². The Kier molecular flexibility index (Phi) is 4.23. The van der Waals surface area contributed by atoms with Gasteiger partial charge in [0.2, 0.25) is 5.91 Å². The quantitative estimate of drug-likeness (QED) is 0.769. The van der Waals surface area contributed by atoms with E-state index in [1.54, 1.807) is 0 Å². The third-order valence-corrected chi connectivity index (χ3v) is 5.58. The first-order valence-corrected chi connectivity index (χ1v) is 8.29. The van der Waals surface area contributed by atoms with E-state index < -0.39 is 11.7 Å². The first-order valence-electron chi connectivity index (χ1n) is 7.49. The minimum atomic E-state index is -4.44. The van der Waals surface area contributed by atoms with Crippen LogP contribution in [0.5, 0.6) is 0 Å². The number of carbonyl (C=O) groups excluding carboxylic acids is 1. The highest BCUT2D eigenvalue weighted by Gasteiger charge is 2.40. The van der Waals surface area contributed by atoms with Crippen molar-refractivity contribution >= 4 is 27.5 Å². The zero-order valence-corrected chi connectivity index (χ0v) is 13.5. The van der Waals surface area contributed by atoms with Crippen molar-refractivity contribution in [1.82, 2.24) is 0 Å². The predicted molar refractivity (Wildman–Crippen MR) is 81.3 cm³/mol. The zero-order chi connectivity index (χ0) is 15.9. The van der Waals surface area contributed by atoms with E-state index in [4.69, 9.17) is 0 Å². The molecule has 0 heterocycles. The summed E-state index contributed by atoms with van der Waals surface area (Å²) >= 11 is 2.89. The van der Waals surface area contributed by atoms with Crippen LogP contribution in [0.2, 0.25) is 0 Å². The van der Waals surface area contributed by atoms with Gasteiger partial charge in [-0.3, -0.25) is 4.79 Å². The van der Waals surface area contributed by atoms with Crippen LogP contribution in [0.15, 0.2) is 22.7 Å². The molecule has 0 aromatic heterocycles. The lowest BCUT2D eigenvalue weighted by Crippen LogP contribution is -2.20. The maximum absolute atomic E-state index is 12.9. The van der Waals surface area contributed by atoms with E-state index in [1.807, 2.05) is 0 Å². The maximum Gasteiger partial charge on any atom is 0.417 e. The minimum absolute atomic E-state index is 0.0221. The molecule has 2 aliphatic carbocycles. The van der Waals surface area contributed by atoms with E-state index in [9.17, 15) is 18.0 Å². The van der Waals surface area contributed by atoms with Gasteiger partial charge in [-0.25, -0.2) is 0 Å². The molecule has 1 amide bonds. The van der Waals surface area contributed by atoms with Gasteiger partial charge in [0.25, 0.3) is 0 Å². The SMILES string of the molecule is O=C(C[C@H]1C[C@@H]2CC[C@@H]1C2)Nc1ccc(Br)c(C(F)(F)F)c1. The molecule has 22 heavy (non-hydrogen) atoms. The summed E-state index contributed by atoms with van der Waals surface area (Å²) < 4.78 is 38.5. The van der Waals surface area contributed by atoms with E-state index in [0.717, 1.165) is 18.4 Å². The minimum Gasteiger partial charge on any atom is -0.326 e. The van der Waals surface area contributed by atoms with Crippen molar-refractivity contribution in [1.29, 1.82) is 0 Å². The standard InChI is InChI=1S/C16H17BrF3NO/c17-14-4-3-12(8-13(14)16(18,19)20)21-15(22)7-11-6-9-1-2-10(11)5-9/h3-4,8-11H,1-2,5-7H2,(H,21,22)/t9-,10-,11-/m1/s1. The highest BCUT2D eigenvalue weighted by atomic mass is 79.9. The van der Waals surface area contributed by atoms with Crippen LogP contribution in [0.3, 0.4) is 0 Å². The van der Waals surface area contributed by atoms with Crippen LogP contribution in [0, 0.1) is 17.8 Å². The Morgan fingerprint density at radius 1 is 1.27 bits per heavy atom. The van der Waals surface area contributed by atoms with Crippen LogP contribution in [0.25, 0.3) is 0 Å². The van der Waals surface area contributed by atoms with Gasteiger partial charge in [0.1, 0.15) is 0 Å². The normalized spacial score (nSPS) is 27.2. The lowest BCUT2D eigenvalue weighted by molar-refractivity contribution is -0.138. The van der Waals surface area contributed by atoms with Crippen molar-refractivity contribution in [2.45, 2.75) is 38.3 Å². The first kappa shape index (κ1) is 15.8. The molecule has 1 aromatic rings. The van der Waals surface area contributed by atoms with E-state index in [0.29, 0.717) is 18.3 Å². The molecule has 3 atom stereocenters. The molecular formula is C16H17BrF3NO. The Labute approximate surface area is 135 Å². The summed E-state index contributed by atoms with van der Waals surface area (Å²) in [4.78, 5) is 12.1. The number of alkyl halides is 3. The van der Waals surface area contributed by atoms with Gasteiger partial charge in [0, 0.05) is 16.6 Å². The number of amides is 1. The van der Waals surface area contributed by atoms with Gasteiger partial charge >= 0.3 is 6.18 Å². The number of hydrogen-bond acceptors (Lipinski definition) is 1. The van der Waals surface area contributed by atoms with Gasteiger partial charge in [-0.15, -0.1) is 0 Å². The Balaban J connectivity index is 1.64. The van der Waals surface area contributed by atoms with Crippen molar-refractivity contribution in [3.05, 3.63) is 28.2 Å². The van der Waals surface area contributed by atoms with Crippen LogP contribution < -0.4 is 5.32 Å². The second-order valence-electron chi connectivity index (χ2n) is 6.38. The number of nitrogens with one attached hydrogen (secondary N) is 1. The molecule has 1 aromatic carbocycles. The molecule has 2 aliphatic rings. The number of benzene rings is 1. The van der Waals surface area contributed by atoms with Crippen molar-refractivity contribution in [2.75, 3.05) is 5.32 Å². The van der Waals surface area contributed by atoms with Crippen LogP contribution in [-0.2, 0) is 11.0 Å². The summed E-state index contributed by atoms with van der Waals surface area (Å²) in [6.07, 6.45) is 0.743. The number of carbonyl (C=O) groups is 1. The third kappa shape index (κ3) is 3.31. The van der Waals surface area contributed by atoms with Crippen molar-refractivity contribution in [3.8, 4) is 0 Å². The molecule has 0 radical (unpaired) electrons. The first-order chi connectivity index (χ1) is 10.3. The summed E-state index contributed by atoms with van der Waals surface area (Å²) in [5, 5.41) is 2.61. The summed E-state index contributed by atoms with van der Waals surface area (Å²) in [5.74, 6) is 1.60. The molecule has 0 unspecified atom stereocenters.